The molecular weight excluding hydrogens is 544 g/mol. The second-order valence-electron chi connectivity index (χ2n) is 13.8. The topological polar surface area (TPSA) is 63.6 Å². The van der Waals surface area contributed by atoms with E-state index < -0.39 is 5.97 Å². The Bertz CT molecular complexity index is 590. The Morgan fingerprint density at radius 1 is 0.409 bits per heavy atom. The zero-order valence-electron chi connectivity index (χ0n) is 30.0. The van der Waals surface area contributed by atoms with E-state index in [1.807, 2.05) is 0 Å². The van der Waals surface area contributed by atoms with E-state index in [-0.39, 0.29) is 18.5 Å². The van der Waals surface area contributed by atoms with Crippen molar-refractivity contribution in [3.63, 3.8) is 0 Å². The predicted octanol–water partition coefficient (Wildman–Crippen LogP) is 13.7. The van der Waals surface area contributed by atoms with Gasteiger partial charge in [0, 0.05) is 12.8 Å². The van der Waals surface area contributed by atoms with Crippen LogP contribution in [0, 0.1) is 0 Å². The first-order valence-corrected chi connectivity index (χ1v) is 20.0. The fourth-order valence-corrected chi connectivity index (χ4v) is 6.37. The zero-order chi connectivity index (χ0) is 32.2. The highest BCUT2D eigenvalue weighted by molar-refractivity contribution is 5.69. The van der Waals surface area contributed by atoms with Gasteiger partial charge in [-0.3, -0.25) is 9.59 Å². The number of hydrogen-bond donors (Lipinski definition) is 1. The van der Waals surface area contributed by atoms with Crippen LogP contribution in [-0.4, -0.2) is 23.1 Å². The van der Waals surface area contributed by atoms with Gasteiger partial charge in [0.1, 0.15) is 6.10 Å². The van der Waals surface area contributed by atoms with Gasteiger partial charge in [0.25, 0.3) is 0 Å². The molecule has 0 heterocycles. The number of hydrogen-bond acceptors (Lipinski definition) is 3. The number of unbranched alkanes of at least 4 members (excludes halogenated alkanes) is 28. The Hall–Kier alpha value is -1.06. The molecule has 0 rings (SSSR count). The van der Waals surface area contributed by atoms with E-state index in [2.05, 4.69) is 13.8 Å². The van der Waals surface area contributed by atoms with Crippen molar-refractivity contribution in [1.29, 1.82) is 0 Å². The predicted molar refractivity (Wildman–Crippen MR) is 190 cm³/mol. The fraction of sp³-hybridized carbons (Fsp3) is 0.950. The molecule has 0 radical (unpaired) electrons. The van der Waals surface area contributed by atoms with Gasteiger partial charge in [-0.15, -0.1) is 0 Å². The van der Waals surface area contributed by atoms with E-state index in [1.54, 1.807) is 0 Å². The summed E-state index contributed by atoms with van der Waals surface area (Å²) in [5.41, 5.74) is 0. The summed E-state index contributed by atoms with van der Waals surface area (Å²) in [5, 5.41) is 8.99. The first-order valence-electron chi connectivity index (χ1n) is 20.0. The highest BCUT2D eigenvalue weighted by Gasteiger charge is 2.15. The van der Waals surface area contributed by atoms with Crippen molar-refractivity contribution < 1.29 is 19.4 Å². The van der Waals surface area contributed by atoms with Crippen LogP contribution in [0.4, 0.5) is 0 Å². The third-order valence-corrected chi connectivity index (χ3v) is 9.33. The summed E-state index contributed by atoms with van der Waals surface area (Å²) in [7, 11) is 0. The van der Waals surface area contributed by atoms with Gasteiger partial charge >= 0.3 is 11.9 Å². The van der Waals surface area contributed by atoms with Gasteiger partial charge in [0.2, 0.25) is 0 Å². The maximum absolute atomic E-state index is 12.5. The van der Waals surface area contributed by atoms with Gasteiger partial charge in [-0.05, 0) is 32.1 Å². The van der Waals surface area contributed by atoms with Crippen LogP contribution in [0.25, 0.3) is 0 Å². The summed E-state index contributed by atoms with van der Waals surface area (Å²) in [6.07, 6.45) is 42.8. The van der Waals surface area contributed by atoms with Gasteiger partial charge in [0.15, 0.2) is 0 Å². The molecule has 0 aromatic carbocycles. The van der Waals surface area contributed by atoms with E-state index in [1.165, 1.54) is 173 Å². The average molecular weight is 623 g/mol. The lowest BCUT2D eigenvalue weighted by Gasteiger charge is -2.18. The third-order valence-electron chi connectivity index (χ3n) is 9.33. The van der Waals surface area contributed by atoms with E-state index in [4.69, 9.17) is 9.84 Å². The lowest BCUT2D eigenvalue weighted by Crippen LogP contribution is -2.18. The molecule has 1 atom stereocenters. The molecule has 1 N–H and O–H groups in total. The number of carboxylic acids is 1. The molecule has 0 saturated carbocycles. The van der Waals surface area contributed by atoms with Crippen LogP contribution >= 0.6 is 0 Å². The van der Waals surface area contributed by atoms with E-state index >= 15 is 0 Å². The summed E-state index contributed by atoms with van der Waals surface area (Å²) in [5.74, 6) is -0.850. The van der Waals surface area contributed by atoms with Crippen LogP contribution in [0.5, 0.6) is 0 Å². The second kappa shape index (κ2) is 36.4. The largest absolute Gasteiger partial charge is 0.481 e. The highest BCUT2D eigenvalue weighted by Crippen LogP contribution is 2.18. The molecule has 4 nitrogen and oxygen atoms in total. The number of ether oxygens (including phenoxy) is 1. The normalized spacial score (nSPS) is 12.0. The Balaban J connectivity index is 3.63. The van der Waals surface area contributed by atoms with Crippen LogP contribution in [0.2, 0.25) is 0 Å². The molecule has 44 heavy (non-hydrogen) atoms. The molecule has 0 aromatic heterocycles. The van der Waals surface area contributed by atoms with E-state index in [0.29, 0.717) is 19.3 Å². The smallest absolute Gasteiger partial charge is 0.306 e. The summed E-state index contributed by atoms with van der Waals surface area (Å²) < 4.78 is 5.82. The summed E-state index contributed by atoms with van der Waals surface area (Å²) in [6.45, 7) is 4.54. The number of carbonyl (C=O) groups excluding carboxylic acids is 1. The molecule has 0 fully saturated rings. The number of rotatable bonds is 37. The highest BCUT2D eigenvalue weighted by atomic mass is 16.5. The van der Waals surface area contributed by atoms with Crippen molar-refractivity contribution >= 4 is 11.9 Å². The van der Waals surface area contributed by atoms with Crippen LogP contribution in [0.1, 0.15) is 239 Å². The van der Waals surface area contributed by atoms with Crippen molar-refractivity contribution in [3.05, 3.63) is 0 Å². The van der Waals surface area contributed by atoms with Crippen LogP contribution in [0.15, 0.2) is 0 Å². The number of carboxylic acid groups (broad SMARTS) is 1. The van der Waals surface area contributed by atoms with Crippen molar-refractivity contribution in [2.24, 2.45) is 0 Å². The molecule has 0 aromatic rings. The monoisotopic (exact) mass is 623 g/mol. The molecule has 0 aliphatic rings. The minimum atomic E-state index is -0.766. The molecular formula is C40H78O4. The SMILES string of the molecule is CCCCCCCCCCCCCCCCCCCCCCCC(=O)OC(CCCCCCCCCCC)CCCC(=O)O. The van der Waals surface area contributed by atoms with E-state index in [0.717, 1.165) is 25.7 Å². The Morgan fingerprint density at radius 3 is 1.05 bits per heavy atom. The van der Waals surface area contributed by atoms with Gasteiger partial charge in [-0.2, -0.15) is 0 Å². The Morgan fingerprint density at radius 2 is 0.705 bits per heavy atom. The van der Waals surface area contributed by atoms with Crippen LogP contribution in [-0.2, 0) is 14.3 Å². The Kier molecular flexibility index (Phi) is 35.5. The maximum atomic E-state index is 12.5. The van der Waals surface area contributed by atoms with Crippen molar-refractivity contribution in [2.75, 3.05) is 0 Å². The summed E-state index contributed by atoms with van der Waals surface area (Å²) in [4.78, 5) is 23.4. The molecule has 0 amide bonds. The first-order chi connectivity index (χ1) is 21.6. The van der Waals surface area contributed by atoms with Crippen LogP contribution < -0.4 is 0 Å². The molecule has 0 saturated heterocycles. The van der Waals surface area contributed by atoms with Gasteiger partial charge in [-0.25, -0.2) is 0 Å². The second-order valence-corrected chi connectivity index (χ2v) is 13.8. The number of esters is 1. The lowest BCUT2D eigenvalue weighted by molar-refractivity contribution is -0.150. The maximum Gasteiger partial charge on any atom is 0.306 e. The molecule has 0 bridgehead atoms. The molecule has 0 spiro atoms. The van der Waals surface area contributed by atoms with Crippen molar-refractivity contribution in [2.45, 2.75) is 245 Å². The quantitative estimate of drug-likeness (QED) is 0.0553. The standard InChI is InChI=1S/C40H78O4/c1-3-5-7-9-11-13-14-15-16-17-18-19-20-21-22-23-24-26-28-30-32-37-40(43)44-38(35-33-36-39(41)42)34-31-29-27-25-12-10-8-6-4-2/h38H,3-37H2,1-2H3,(H,41,42). The van der Waals surface area contributed by atoms with E-state index in [9.17, 15) is 9.59 Å². The lowest BCUT2D eigenvalue weighted by atomic mass is 10.0. The molecule has 4 heteroatoms. The number of aliphatic carboxylic acids is 1. The molecule has 262 valence electrons. The van der Waals surface area contributed by atoms with Gasteiger partial charge in [-0.1, -0.05) is 194 Å². The zero-order valence-corrected chi connectivity index (χ0v) is 30.0. The summed E-state index contributed by atoms with van der Waals surface area (Å²) >= 11 is 0. The number of carbonyl (C=O) groups is 2. The minimum Gasteiger partial charge on any atom is -0.481 e. The minimum absolute atomic E-state index is 0.0842. The van der Waals surface area contributed by atoms with Gasteiger partial charge in [0.05, 0.1) is 0 Å². The molecule has 1 unspecified atom stereocenters. The first kappa shape index (κ1) is 42.9. The van der Waals surface area contributed by atoms with Gasteiger partial charge < -0.3 is 9.84 Å². The summed E-state index contributed by atoms with van der Waals surface area (Å²) in [6, 6.07) is 0. The molecule has 0 aliphatic heterocycles. The molecule has 0 aliphatic carbocycles. The average Bonchev–Trinajstić information content (AvgIpc) is 3.00. The van der Waals surface area contributed by atoms with Crippen LogP contribution in [0.3, 0.4) is 0 Å². The fourth-order valence-electron chi connectivity index (χ4n) is 6.37. The Labute approximate surface area is 275 Å². The third kappa shape index (κ3) is 35.4. The van der Waals surface area contributed by atoms with Crippen molar-refractivity contribution in [3.8, 4) is 0 Å². The van der Waals surface area contributed by atoms with Crippen molar-refractivity contribution in [1.82, 2.24) is 0 Å².